The molecule has 0 fully saturated rings. The number of rotatable bonds is 6. The summed E-state index contributed by atoms with van der Waals surface area (Å²) in [6.07, 6.45) is 1.50. The number of nitrogens with zero attached hydrogens (tertiary/aromatic N) is 2. The highest BCUT2D eigenvalue weighted by molar-refractivity contribution is 9.10. The van der Waals surface area contributed by atoms with Gasteiger partial charge < -0.3 is 14.6 Å². The average Bonchev–Trinajstić information content (AvgIpc) is 2.89. The van der Waals surface area contributed by atoms with Crippen LogP contribution in [0.4, 0.5) is 18.9 Å². The maximum absolute atomic E-state index is 12.1. The summed E-state index contributed by atoms with van der Waals surface area (Å²) in [5.74, 6) is -0.258. The lowest BCUT2D eigenvalue weighted by atomic mass is 10.3. The molecule has 114 valence electrons. The number of hydrogen-bond acceptors (Lipinski definition) is 3. The Hall–Kier alpha value is -1.70. The van der Waals surface area contributed by atoms with Crippen molar-refractivity contribution >= 4 is 21.6 Å². The lowest BCUT2D eigenvalue weighted by Gasteiger charge is -2.12. The summed E-state index contributed by atoms with van der Waals surface area (Å²) in [4.78, 5) is 3.94. The van der Waals surface area contributed by atoms with E-state index in [0.717, 1.165) is 18.7 Å². The number of hydrogen-bond donors (Lipinski definition) is 1. The Morgan fingerprint density at radius 2 is 2.14 bits per heavy atom. The summed E-state index contributed by atoms with van der Waals surface area (Å²) in [6, 6.07) is 4.37. The zero-order valence-electron chi connectivity index (χ0n) is 10.9. The maximum atomic E-state index is 12.1. The second kappa shape index (κ2) is 6.84. The summed E-state index contributed by atoms with van der Waals surface area (Å²) < 4.78 is 42.5. The molecule has 1 aromatic heterocycles. The zero-order valence-corrected chi connectivity index (χ0v) is 12.5. The Morgan fingerprint density at radius 3 is 2.76 bits per heavy atom. The second-order valence-electron chi connectivity index (χ2n) is 4.27. The van der Waals surface area contributed by atoms with Crippen LogP contribution in [0.2, 0.25) is 0 Å². The van der Waals surface area contributed by atoms with Crippen molar-refractivity contribution in [3.63, 3.8) is 0 Å². The first-order chi connectivity index (χ1) is 9.94. The standard InChI is InChI=1S/C13H13BrF3N3O/c14-11-8-10(2-3-12(11)21-13(15,16)17)19-4-1-6-20-7-5-18-9-20/h2-3,5,7-9,19H,1,4,6H2. The lowest BCUT2D eigenvalue weighted by molar-refractivity contribution is -0.274. The van der Waals surface area contributed by atoms with Crippen LogP contribution in [0.3, 0.4) is 0 Å². The van der Waals surface area contributed by atoms with E-state index in [2.05, 4.69) is 31.0 Å². The van der Waals surface area contributed by atoms with Gasteiger partial charge in [-0.25, -0.2) is 4.98 Å². The highest BCUT2D eigenvalue weighted by Crippen LogP contribution is 2.32. The van der Waals surface area contributed by atoms with Crippen LogP contribution in [-0.4, -0.2) is 22.5 Å². The van der Waals surface area contributed by atoms with Crippen LogP contribution in [0.1, 0.15) is 6.42 Å². The molecule has 0 aliphatic heterocycles. The van der Waals surface area contributed by atoms with Crippen molar-refractivity contribution in [2.24, 2.45) is 0 Å². The highest BCUT2D eigenvalue weighted by atomic mass is 79.9. The lowest BCUT2D eigenvalue weighted by Crippen LogP contribution is -2.17. The fourth-order valence-corrected chi connectivity index (χ4v) is 2.19. The van der Waals surface area contributed by atoms with E-state index in [1.54, 1.807) is 24.7 Å². The Kier molecular flexibility index (Phi) is 5.11. The third-order valence-corrected chi connectivity index (χ3v) is 3.26. The summed E-state index contributed by atoms with van der Waals surface area (Å²) in [5, 5.41) is 3.14. The molecule has 0 radical (unpaired) electrons. The van der Waals surface area contributed by atoms with Crippen molar-refractivity contribution in [3.8, 4) is 5.75 Å². The van der Waals surface area contributed by atoms with Gasteiger partial charge >= 0.3 is 6.36 Å². The van der Waals surface area contributed by atoms with Gasteiger partial charge in [0.15, 0.2) is 0 Å². The molecule has 8 heteroatoms. The molecule has 0 bridgehead atoms. The molecule has 0 spiro atoms. The maximum Gasteiger partial charge on any atom is 0.573 e. The summed E-state index contributed by atoms with van der Waals surface area (Å²) in [7, 11) is 0. The normalized spacial score (nSPS) is 11.4. The molecular weight excluding hydrogens is 351 g/mol. The number of aryl methyl sites for hydroxylation is 1. The molecule has 0 aliphatic carbocycles. The van der Waals surface area contributed by atoms with E-state index < -0.39 is 6.36 Å². The molecule has 0 unspecified atom stereocenters. The average molecular weight is 364 g/mol. The minimum Gasteiger partial charge on any atom is -0.405 e. The van der Waals surface area contributed by atoms with Gasteiger partial charge in [-0.3, -0.25) is 0 Å². The number of imidazole rings is 1. The summed E-state index contributed by atoms with van der Waals surface area (Å²) in [6.45, 7) is 1.52. The molecule has 0 aliphatic rings. The number of alkyl halides is 3. The Bertz CT molecular complexity index is 573. The molecule has 0 atom stereocenters. The van der Waals surface area contributed by atoms with Gasteiger partial charge in [0.1, 0.15) is 5.75 Å². The number of halogens is 4. The van der Waals surface area contributed by atoms with Crippen molar-refractivity contribution in [1.29, 1.82) is 0 Å². The van der Waals surface area contributed by atoms with Gasteiger partial charge in [-0.05, 0) is 40.5 Å². The van der Waals surface area contributed by atoms with Gasteiger partial charge in [0.05, 0.1) is 10.8 Å². The van der Waals surface area contributed by atoms with Gasteiger partial charge in [-0.1, -0.05) is 0 Å². The minimum absolute atomic E-state index is 0.249. The molecule has 4 nitrogen and oxygen atoms in total. The first-order valence-corrected chi connectivity index (χ1v) is 6.98. The fourth-order valence-electron chi connectivity index (χ4n) is 1.73. The molecule has 1 heterocycles. The van der Waals surface area contributed by atoms with E-state index >= 15 is 0 Å². The SMILES string of the molecule is FC(F)(F)Oc1ccc(NCCCn2ccnc2)cc1Br. The van der Waals surface area contributed by atoms with Crippen molar-refractivity contribution < 1.29 is 17.9 Å². The summed E-state index contributed by atoms with van der Waals surface area (Å²) in [5.41, 5.74) is 0.724. The van der Waals surface area contributed by atoms with Gasteiger partial charge in [-0.15, -0.1) is 13.2 Å². The van der Waals surface area contributed by atoms with E-state index in [4.69, 9.17) is 0 Å². The minimum atomic E-state index is -4.69. The number of aromatic nitrogens is 2. The number of nitrogens with one attached hydrogen (secondary N) is 1. The molecule has 21 heavy (non-hydrogen) atoms. The van der Waals surface area contributed by atoms with E-state index in [-0.39, 0.29) is 10.2 Å². The zero-order chi connectivity index (χ0) is 15.3. The molecule has 0 saturated carbocycles. The van der Waals surface area contributed by atoms with Crippen molar-refractivity contribution in [2.45, 2.75) is 19.3 Å². The summed E-state index contributed by atoms with van der Waals surface area (Å²) >= 11 is 3.06. The van der Waals surface area contributed by atoms with E-state index in [1.165, 1.54) is 6.07 Å². The smallest absolute Gasteiger partial charge is 0.405 e. The Labute approximate surface area is 128 Å². The van der Waals surface area contributed by atoms with Crippen LogP contribution < -0.4 is 10.1 Å². The monoisotopic (exact) mass is 363 g/mol. The van der Waals surface area contributed by atoms with Gasteiger partial charge in [-0.2, -0.15) is 0 Å². The number of anilines is 1. The van der Waals surface area contributed by atoms with E-state index in [9.17, 15) is 13.2 Å². The quantitative estimate of drug-likeness (QED) is 0.787. The van der Waals surface area contributed by atoms with Crippen LogP contribution in [0.15, 0.2) is 41.4 Å². The Balaban J connectivity index is 1.82. The molecule has 2 aromatic rings. The predicted octanol–water partition coefficient (Wildman–Crippen LogP) is 4.05. The fraction of sp³-hybridized carbons (Fsp3) is 0.308. The van der Waals surface area contributed by atoms with Crippen LogP contribution in [0.5, 0.6) is 5.75 Å². The molecule has 0 saturated heterocycles. The largest absolute Gasteiger partial charge is 0.573 e. The van der Waals surface area contributed by atoms with Crippen LogP contribution >= 0.6 is 15.9 Å². The molecule has 1 N–H and O–H groups in total. The number of ether oxygens (including phenoxy) is 1. The van der Waals surface area contributed by atoms with Crippen molar-refractivity contribution in [3.05, 3.63) is 41.4 Å². The van der Waals surface area contributed by atoms with Gasteiger partial charge in [0.2, 0.25) is 0 Å². The first-order valence-electron chi connectivity index (χ1n) is 6.19. The van der Waals surface area contributed by atoms with E-state index in [0.29, 0.717) is 6.54 Å². The third kappa shape index (κ3) is 5.30. The van der Waals surface area contributed by atoms with Crippen LogP contribution in [0.25, 0.3) is 0 Å². The third-order valence-electron chi connectivity index (χ3n) is 2.64. The second-order valence-corrected chi connectivity index (χ2v) is 5.13. The molecular formula is C13H13BrF3N3O. The van der Waals surface area contributed by atoms with Crippen LogP contribution in [-0.2, 0) is 6.54 Å². The predicted molar refractivity (Wildman–Crippen MR) is 76.2 cm³/mol. The molecule has 2 rings (SSSR count). The van der Waals surface area contributed by atoms with Gasteiger partial charge in [0, 0.05) is 31.2 Å². The molecule has 1 aromatic carbocycles. The highest BCUT2D eigenvalue weighted by Gasteiger charge is 2.31. The van der Waals surface area contributed by atoms with E-state index in [1.807, 2.05) is 10.8 Å². The first kappa shape index (κ1) is 15.7. The topological polar surface area (TPSA) is 39.1 Å². The van der Waals surface area contributed by atoms with Crippen molar-refractivity contribution in [1.82, 2.24) is 9.55 Å². The number of benzene rings is 1. The van der Waals surface area contributed by atoms with Crippen LogP contribution in [0, 0.1) is 0 Å². The van der Waals surface area contributed by atoms with Gasteiger partial charge in [0.25, 0.3) is 0 Å². The van der Waals surface area contributed by atoms with Crippen molar-refractivity contribution in [2.75, 3.05) is 11.9 Å². The Morgan fingerprint density at radius 1 is 1.33 bits per heavy atom. The molecule has 0 amide bonds.